The van der Waals surface area contributed by atoms with Gasteiger partial charge in [-0.1, -0.05) is 17.7 Å². The summed E-state index contributed by atoms with van der Waals surface area (Å²) < 4.78 is 18.9. The smallest absolute Gasteiger partial charge is 0.270 e. The predicted octanol–water partition coefficient (Wildman–Crippen LogP) is 2.93. The maximum Gasteiger partial charge on any atom is 0.270 e. The summed E-state index contributed by atoms with van der Waals surface area (Å²) in [5.41, 5.74) is 0.217. The van der Waals surface area contributed by atoms with Gasteiger partial charge in [0, 0.05) is 5.56 Å². The zero-order chi connectivity index (χ0) is 23.0. The predicted molar refractivity (Wildman–Crippen MR) is 116 cm³/mol. The zero-order valence-corrected chi connectivity index (χ0v) is 17.5. The molecule has 0 saturated carbocycles. The van der Waals surface area contributed by atoms with Gasteiger partial charge in [0.05, 0.1) is 16.7 Å². The van der Waals surface area contributed by atoms with Gasteiger partial charge in [0.1, 0.15) is 22.9 Å². The molecule has 2 aromatic carbocycles. The van der Waals surface area contributed by atoms with Crippen molar-refractivity contribution in [3.8, 4) is 11.3 Å². The van der Waals surface area contributed by atoms with Crippen LogP contribution in [0.5, 0.6) is 0 Å². The van der Waals surface area contributed by atoms with Crippen LogP contribution in [0.2, 0.25) is 5.02 Å². The SMILES string of the molecule is O=C1NC(=S)N(c2ccc(F)cc2)C(=O)/C1=C/c1ccc(-c2cc(C(=O)[O-])ccc2Cl)o1. The molecule has 0 spiro atoms. The Balaban J connectivity index is 1.69. The molecular weight excluding hydrogens is 459 g/mol. The van der Waals surface area contributed by atoms with Crippen molar-refractivity contribution in [1.82, 2.24) is 5.32 Å². The van der Waals surface area contributed by atoms with Gasteiger partial charge in [-0.2, -0.15) is 0 Å². The second-order valence-electron chi connectivity index (χ2n) is 6.62. The maximum atomic E-state index is 13.2. The van der Waals surface area contributed by atoms with Gasteiger partial charge < -0.3 is 14.3 Å². The summed E-state index contributed by atoms with van der Waals surface area (Å²) in [5, 5.41) is 13.6. The Labute approximate surface area is 190 Å². The van der Waals surface area contributed by atoms with Crippen LogP contribution in [0.15, 0.2) is 64.6 Å². The van der Waals surface area contributed by atoms with Gasteiger partial charge in [-0.05, 0) is 72.4 Å². The average Bonchev–Trinajstić information content (AvgIpc) is 3.21. The van der Waals surface area contributed by atoms with Gasteiger partial charge >= 0.3 is 0 Å². The fourth-order valence-corrected chi connectivity index (χ4v) is 3.53. The number of carbonyl (C=O) groups excluding carboxylic acids is 3. The van der Waals surface area contributed by atoms with E-state index in [1.165, 1.54) is 48.5 Å². The number of thiocarbonyl (C=S) groups is 1. The summed E-state index contributed by atoms with van der Waals surface area (Å²) in [6.07, 6.45) is 1.22. The lowest BCUT2D eigenvalue weighted by atomic mass is 10.1. The molecule has 1 aliphatic rings. The van der Waals surface area contributed by atoms with Crippen LogP contribution in [0.4, 0.5) is 10.1 Å². The summed E-state index contributed by atoms with van der Waals surface area (Å²) in [6, 6.07) is 12.0. The first-order valence-electron chi connectivity index (χ1n) is 9.03. The third kappa shape index (κ3) is 4.03. The molecule has 1 N–H and O–H groups in total. The molecule has 1 aliphatic heterocycles. The molecule has 0 radical (unpaired) electrons. The molecule has 32 heavy (non-hydrogen) atoms. The highest BCUT2D eigenvalue weighted by molar-refractivity contribution is 7.80. The van der Waals surface area contributed by atoms with Gasteiger partial charge in [-0.3, -0.25) is 19.8 Å². The number of benzene rings is 2. The number of carboxylic acid groups (broad SMARTS) is 1. The number of amides is 2. The highest BCUT2D eigenvalue weighted by atomic mass is 35.5. The van der Waals surface area contributed by atoms with Crippen LogP contribution in [0, 0.1) is 5.82 Å². The molecule has 0 atom stereocenters. The fourth-order valence-electron chi connectivity index (χ4n) is 3.04. The van der Waals surface area contributed by atoms with E-state index in [4.69, 9.17) is 28.2 Å². The van der Waals surface area contributed by atoms with Crippen LogP contribution in [0.3, 0.4) is 0 Å². The number of furan rings is 1. The van der Waals surface area contributed by atoms with Crippen molar-refractivity contribution in [2.24, 2.45) is 0 Å². The number of rotatable bonds is 4. The van der Waals surface area contributed by atoms with Gasteiger partial charge in [-0.25, -0.2) is 4.39 Å². The lowest BCUT2D eigenvalue weighted by molar-refractivity contribution is -0.255. The number of hydrogen-bond acceptors (Lipinski definition) is 6. The molecule has 2 amide bonds. The van der Waals surface area contributed by atoms with Crippen molar-refractivity contribution in [3.05, 3.63) is 82.3 Å². The van der Waals surface area contributed by atoms with E-state index in [-0.39, 0.29) is 38.5 Å². The largest absolute Gasteiger partial charge is 0.545 e. The van der Waals surface area contributed by atoms with E-state index in [1.54, 1.807) is 0 Å². The number of nitrogens with zero attached hydrogens (tertiary/aromatic N) is 1. The molecule has 3 aromatic rings. The van der Waals surface area contributed by atoms with Crippen LogP contribution in [-0.4, -0.2) is 22.9 Å². The molecule has 1 saturated heterocycles. The molecule has 1 aromatic heterocycles. The molecule has 0 aliphatic carbocycles. The van der Waals surface area contributed by atoms with Crippen molar-refractivity contribution in [3.63, 3.8) is 0 Å². The fraction of sp³-hybridized carbons (Fsp3) is 0. The molecule has 1 fully saturated rings. The van der Waals surface area contributed by atoms with Crippen molar-refractivity contribution in [2.45, 2.75) is 0 Å². The summed E-state index contributed by atoms with van der Waals surface area (Å²) in [6.45, 7) is 0. The van der Waals surface area contributed by atoms with Gasteiger partial charge in [0.2, 0.25) is 0 Å². The summed E-state index contributed by atoms with van der Waals surface area (Å²) in [5.74, 6) is -2.96. The molecule has 4 rings (SSSR count). The van der Waals surface area contributed by atoms with E-state index >= 15 is 0 Å². The first-order valence-corrected chi connectivity index (χ1v) is 9.81. The molecule has 160 valence electrons. The lowest BCUT2D eigenvalue weighted by Crippen LogP contribution is -2.54. The molecular formula is C22H11ClFN2O5S-. The molecule has 0 unspecified atom stereocenters. The Morgan fingerprint density at radius 3 is 2.53 bits per heavy atom. The summed E-state index contributed by atoms with van der Waals surface area (Å²) in [7, 11) is 0. The van der Waals surface area contributed by atoms with Crippen LogP contribution in [0.25, 0.3) is 17.4 Å². The molecule has 2 heterocycles. The standard InChI is InChI=1S/C22H12ClFN2O5S/c23-17-7-1-11(21(29)30)9-15(17)18-8-6-14(31-18)10-16-19(27)25-22(32)26(20(16)28)13-4-2-12(24)3-5-13/h1-10H,(H,29,30)(H,25,27,32)/p-1/b16-10+. The minimum atomic E-state index is -1.38. The third-order valence-corrected chi connectivity index (χ3v) is 5.18. The highest BCUT2D eigenvalue weighted by Gasteiger charge is 2.34. The topological polar surface area (TPSA) is 103 Å². The lowest BCUT2D eigenvalue weighted by Gasteiger charge is -2.28. The monoisotopic (exact) mass is 469 g/mol. The molecule has 0 bridgehead atoms. The zero-order valence-electron chi connectivity index (χ0n) is 15.9. The summed E-state index contributed by atoms with van der Waals surface area (Å²) >= 11 is 11.2. The minimum absolute atomic E-state index is 0.0917. The number of halogens is 2. The van der Waals surface area contributed by atoms with E-state index in [1.807, 2.05) is 0 Å². The Hall–Kier alpha value is -3.82. The number of aromatic carboxylic acids is 1. The number of nitrogens with one attached hydrogen (secondary N) is 1. The number of carbonyl (C=O) groups is 3. The van der Waals surface area contributed by atoms with Crippen LogP contribution >= 0.6 is 23.8 Å². The second-order valence-corrected chi connectivity index (χ2v) is 7.41. The number of hydrogen-bond donors (Lipinski definition) is 1. The Kier molecular flexibility index (Phi) is 5.60. The average molecular weight is 470 g/mol. The third-order valence-electron chi connectivity index (χ3n) is 4.57. The summed E-state index contributed by atoms with van der Waals surface area (Å²) in [4.78, 5) is 37.5. The number of carboxylic acids is 1. The van der Waals surface area contributed by atoms with Crippen LogP contribution in [0.1, 0.15) is 16.1 Å². The van der Waals surface area contributed by atoms with Crippen molar-refractivity contribution >= 4 is 58.5 Å². The first-order chi connectivity index (χ1) is 15.2. The molecule has 7 nitrogen and oxygen atoms in total. The first kappa shape index (κ1) is 21.4. The van der Waals surface area contributed by atoms with Gasteiger partial charge in [0.15, 0.2) is 5.11 Å². The quantitative estimate of drug-likeness (QED) is 0.358. The van der Waals surface area contributed by atoms with Gasteiger partial charge in [0.25, 0.3) is 11.8 Å². The van der Waals surface area contributed by atoms with Gasteiger partial charge in [-0.15, -0.1) is 0 Å². The van der Waals surface area contributed by atoms with Crippen LogP contribution < -0.4 is 15.3 Å². The van der Waals surface area contributed by atoms with Crippen LogP contribution in [-0.2, 0) is 9.59 Å². The normalized spacial score (nSPS) is 15.2. The minimum Gasteiger partial charge on any atom is -0.545 e. The van der Waals surface area contributed by atoms with Crippen molar-refractivity contribution in [1.29, 1.82) is 0 Å². The maximum absolute atomic E-state index is 13.2. The van der Waals surface area contributed by atoms with E-state index in [0.717, 1.165) is 17.0 Å². The number of anilines is 1. The Bertz CT molecular complexity index is 1320. The van der Waals surface area contributed by atoms with Crippen molar-refractivity contribution < 1.29 is 28.3 Å². The second kappa shape index (κ2) is 8.37. The highest BCUT2D eigenvalue weighted by Crippen LogP contribution is 2.31. The Morgan fingerprint density at radius 2 is 1.84 bits per heavy atom. The van der Waals surface area contributed by atoms with E-state index in [2.05, 4.69) is 5.32 Å². The van der Waals surface area contributed by atoms with E-state index in [9.17, 15) is 23.9 Å². The molecule has 10 heteroatoms. The Morgan fingerprint density at radius 1 is 1.12 bits per heavy atom. The van der Waals surface area contributed by atoms with E-state index < -0.39 is 23.6 Å². The van der Waals surface area contributed by atoms with E-state index in [0.29, 0.717) is 5.56 Å². The van der Waals surface area contributed by atoms with Crippen molar-refractivity contribution in [2.75, 3.05) is 4.90 Å².